The van der Waals surface area contributed by atoms with Crippen LogP contribution in [0, 0.1) is 13.8 Å². The Balaban J connectivity index is 1.49. The Morgan fingerprint density at radius 3 is 2.58 bits per heavy atom. The van der Waals surface area contributed by atoms with Gasteiger partial charge in [0.25, 0.3) is 10.0 Å². The molecule has 6 rings (SSSR count). The van der Waals surface area contributed by atoms with Gasteiger partial charge >= 0.3 is 0 Å². The molecule has 3 aromatic carbocycles. The van der Waals surface area contributed by atoms with Crippen molar-refractivity contribution in [2.24, 2.45) is 0 Å². The highest BCUT2D eigenvalue weighted by Gasteiger charge is 2.24. The number of anilines is 1. The molecule has 0 aliphatic rings. The van der Waals surface area contributed by atoms with Crippen LogP contribution in [-0.4, -0.2) is 33.6 Å². The van der Waals surface area contributed by atoms with Gasteiger partial charge < -0.3 is 8.94 Å². The van der Waals surface area contributed by atoms with Gasteiger partial charge in [0.1, 0.15) is 11.8 Å². The maximum Gasteiger partial charge on any atom is 0.264 e. The normalized spacial score (nSPS) is 11.7. The van der Waals surface area contributed by atoms with E-state index in [1.54, 1.807) is 49.0 Å². The molecule has 0 unspecified atom stereocenters. The van der Waals surface area contributed by atoms with Crippen LogP contribution in [0.2, 0.25) is 0 Å². The van der Waals surface area contributed by atoms with E-state index < -0.39 is 10.0 Å². The first-order valence-electron chi connectivity index (χ1n) is 11.8. The van der Waals surface area contributed by atoms with E-state index in [0.29, 0.717) is 34.8 Å². The second-order valence-electron chi connectivity index (χ2n) is 8.77. The van der Waals surface area contributed by atoms with Gasteiger partial charge in [0.15, 0.2) is 0 Å². The number of fused-ring (bicyclic) bond motifs is 1. The van der Waals surface area contributed by atoms with Crippen molar-refractivity contribution < 1.29 is 17.4 Å². The fourth-order valence-electron chi connectivity index (χ4n) is 4.29. The number of hydrogen-bond acceptors (Lipinski definition) is 8. The zero-order valence-electron chi connectivity index (χ0n) is 20.5. The third kappa shape index (κ3) is 4.22. The summed E-state index contributed by atoms with van der Waals surface area (Å²) in [5.41, 5.74) is 5.66. The first kappa shape index (κ1) is 23.6. The van der Waals surface area contributed by atoms with Crippen molar-refractivity contribution >= 4 is 26.9 Å². The molecule has 10 nitrogen and oxygen atoms in total. The zero-order chi connectivity index (χ0) is 26.3. The molecule has 0 amide bonds. The first-order chi connectivity index (χ1) is 18.4. The summed E-state index contributed by atoms with van der Waals surface area (Å²) in [6.07, 6.45) is 3.09. The average molecular weight is 527 g/mol. The number of benzene rings is 3. The van der Waals surface area contributed by atoms with E-state index in [-0.39, 0.29) is 10.8 Å². The Hall–Kier alpha value is -4.77. The molecule has 0 saturated heterocycles. The second kappa shape index (κ2) is 9.27. The molecule has 0 radical (unpaired) electrons. The predicted octanol–water partition coefficient (Wildman–Crippen LogP) is 5.21. The minimum absolute atomic E-state index is 0.0888. The number of hydrogen-bond donors (Lipinski definition) is 1. The van der Waals surface area contributed by atoms with E-state index in [2.05, 4.69) is 25.2 Å². The SMILES string of the molecule is Cc1noc(NS(=O)(=O)c2ccccc2-c2ccc(-c3ncco3)cc2Cn2nnc3ccccc32)c1C. The fraction of sp³-hybridized carbons (Fsp3) is 0.111. The van der Waals surface area contributed by atoms with E-state index in [1.807, 2.05) is 42.5 Å². The highest BCUT2D eigenvalue weighted by Crippen LogP contribution is 2.34. The molecule has 38 heavy (non-hydrogen) atoms. The van der Waals surface area contributed by atoms with E-state index in [0.717, 1.165) is 22.2 Å². The molecule has 0 atom stereocenters. The van der Waals surface area contributed by atoms with Crippen LogP contribution in [0.1, 0.15) is 16.8 Å². The van der Waals surface area contributed by atoms with Crippen LogP contribution in [0.25, 0.3) is 33.6 Å². The Morgan fingerprint density at radius 1 is 0.974 bits per heavy atom. The maximum absolute atomic E-state index is 13.6. The number of nitrogens with one attached hydrogen (secondary N) is 1. The molecule has 0 fully saturated rings. The summed E-state index contributed by atoms with van der Waals surface area (Å²) in [6, 6.07) is 20.1. The van der Waals surface area contributed by atoms with Crippen molar-refractivity contribution in [2.45, 2.75) is 25.3 Å². The number of nitrogens with zero attached hydrogens (tertiary/aromatic N) is 5. The summed E-state index contributed by atoms with van der Waals surface area (Å²) in [5, 5.41) is 12.5. The molecule has 0 aliphatic heterocycles. The molecular formula is C27H22N6O4S. The van der Waals surface area contributed by atoms with E-state index in [9.17, 15) is 8.42 Å². The lowest BCUT2D eigenvalue weighted by molar-refractivity contribution is 0.430. The molecule has 0 bridgehead atoms. The van der Waals surface area contributed by atoms with E-state index >= 15 is 0 Å². The number of aromatic nitrogens is 5. The summed E-state index contributed by atoms with van der Waals surface area (Å²) < 4.78 is 42.2. The number of oxazole rings is 1. The number of sulfonamides is 1. The Kier molecular flexibility index (Phi) is 5.76. The summed E-state index contributed by atoms with van der Waals surface area (Å²) >= 11 is 0. The van der Waals surface area contributed by atoms with Gasteiger partial charge in [-0.3, -0.25) is 0 Å². The van der Waals surface area contributed by atoms with Crippen molar-refractivity contribution in [3.8, 4) is 22.6 Å². The van der Waals surface area contributed by atoms with Crippen LogP contribution < -0.4 is 4.72 Å². The summed E-state index contributed by atoms with van der Waals surface area (Å²) in [5.74, 6) is 0.547. The van der Waals surface area contributed by atoms with Crippen molar-refractivity contribution in [1.82, 2.24) is 25.1 Å². The van der Waals surface area contributed by atoms with Crippen LogP contribution in [0.5, 0.6) is 0 Å². The standard InChI is InChI=1S/C27H22N6O4S/c1-17-18(2)30-37-26(17)31-38(34,35)25-10-6-3-7-22(25)21-12-11-19(27-28-13-14-36-27)15-20(21)16-33-24-9-5-4-8-23(24)29-32-33/h3-15,31H,16H2,1-2H3. The molecule has 0 aliphatic carbocycles. The van der Waals surface area contributed by atoms with Crippen molar-refractivity contribution in [1.29, 1.82) is 0 Å². The van der Waals surface area contributed by atoms with Gasteiger partial charge in [0.05, 0.1) is 28.8 Å². The van der Waals surface area contributed by atoms with E-state index in [1.165, 1.54) is 6.26 Å². The molecule has 0 saturated carbocycles. The maximum atomic E-state index is 13.6. The number of para-hydroxylation sites is 1. The highest BCUT2D eigenvalue weighted by atomic mass is 32.2. The Morgan fingerprint density at radius 2 is 1.79 bits per heavy atom. The summed E-state index contributed by atoms with van der Waals surface area (Å²) in [6.45, 7) is 3.84. The average Bonchev–Trinajstić information content (AvgIpc) is 3.67. The lowest BCUT2D eigenvalue weighted by atomic mass is 9.97. The van der Waals surface area contributed by atoms with Gasteiger partial charge in [0.2, 0.25) is 11.8 Å². The zero-order valence-corrected chi connectivity index (χ0v) is 21.3. The number of aryl methyl sites for hydroxylation is 1. The third-order valence-corrected chi connectivity index (χ3v) is 7.76. The second-order valence-corrected chi connectivity index (χ2v) is 10.4. The van der Waals surface area contributed by atoms with Gasteiger partial charge in [-0.05, 0) is 55.3 Å². The molecule has 3 heterocycles. The topological polar surface area (TPSA) is 129 Å². The third-order valence-electron chi connectivity index (χ3n) is 6.38. The molecular weight excluding hydrogens is 504 g/mol. The van der Waals surface area contributed by atoms with Crippen molar-refractivity contribution in [3.63, 3.8) is 0 Å². The van der Waals surface area contributed by atoms with Gasteiger partial charge in [-0.15, -0.1) is 5.10 Å². The van der Waals surface area contributed by atoms with Crippen molar-refractivity contribution in [3.05, 3.63) is 96.0 Å². The summed E-state index contributed by atoms with van der Waals surface area (Å²) in [7, 11) is -4.02. The van der Waals surface area contributed by atoms with Crippen LogP contribution >= 0.6 is 0 Å². The van der Waals surface area contributed by atoms with Crippen LogP contribution in [0.15, 0.2) is 93.0 Å². The molecule has 6 aromatic rings. The van der Waals surface area contributed by atoms with Gasteiger partial charge in [-0.25, -0.2) is 22.8 Å². The quantitative estimate of drug-likeness (QED) is 0.300. The monoisotopic (exact) mass is 526 g/mol. The largest absolute Gasteiger partial charge is 0.445 e. The van der Waals surface area contributed by atoms with Gasteiger partial charge in [0, 0.05) is 16.7 Å². The highest BCUT2D eigenvalue weighted by molar-refractivity contribution is 7.92. The lowest BCUT2D eigenvalue weighted by Gasteiger charge is -2.16. The smallest absolute Gasteiger partial charge is 0.264 e. The fourth-order valence-corrected chi connectivity index (χ4v) is 5.56. The molecule has 3 aromatic heterocycles. The molecule has 190 valence electrons. The minimum atomic E-state index is -4.02. The van der Waals surface area contributed by atoms with Gasteiger partial charge in [-0.1, -0.05) is 46.8 Å². The Labute approximate surface area is 218 Å². The number of rotatable bonds is 7. The Bertz CT molecular complexity index is 1870. The molecule has 11 heteroatoms. The van der Waals surface area contributed by atoms with Gasteiger partial charge in [-0.2, -0.15) is 0 Å². The van der Waals surface area contributed by atoms with Crippen LogP contribution in [-0.2, 0) is 16.6 Å². The first-order valence-corrected chi connectivity index (χ1v) is 13.2. The van der Waals surface area contributed by atoms with Crippen LogP contribution in [0.4, 0.5) is 5.88 Å². The minimum Gasteiger partial charge on any atom is -0.445 e. The summed E-state index contributed by atoms with van der Waals surface area (Å²) in [4.78, 5) is 4.37. The van der Waals surface area contributed by atoms with Crippen molar-refractivity contribution in [2.75, 3.05) is 4.72 Å². The molecule has 0 spiro atoms. The predicted molar refractivity (Wildman–Crippen MR) is 141 cm³/mol. The van der Waals surface area contributed by atoms with Crippen LogP contribution in [0.3, 0.4) is 0 Å². The molecule has 1 N–H and O–H groups in total. The lowest BCUT2D eigenvalue weighted by Crippen LogP contribution is -2.15. The van der Waals surface area contributed by atoms with E-state index in [4.69, 9.17) is 8.94 Å².